The predicted molar refractivity (Wildman–Crippen MR) is 151 cm³/mol. The molecule has 4 fully saturated rings. The molecule has 8 heteroatoms. The zero-order valence-corrected chi connectivity index (χ0v) is 24.8. The highest BCUT2D eigenvalue weighted by Gasteiger charge is 2.64. The van der Waals surface area contributed by atoms with Gasteiger partial charge in [0.15, 0.2) is 0 Å². The van der Waals surface area contributed by atoms with Crippen LogP contribution >= 0.6 is 0 Å². The molecule has 1 aromatic carbocycles. The molecule has 4 aliphatic carbocycles. The molecule has 11 atom stereocenters. The molecule has 7 nitrogen and oxygen atoms in total. The van der Waals surface area contributed by atoms with Gasteiger partial charge in [0, 0.05) is 6.54 Å². The van der Waals surface area contributed by atoms with Crippen molar-refractivity contribution in [2.45, 2.75) is 96.2 Å². The topological polar surface area (TPSA) is 116 Å². The highest BCUT2D eigenvalue weighted by Crippen LogP contribution is 2.69. The Kier molecular flexibility index (Phi) is 7.88. The quantitative estimate of drug-likeness (QED) is 0.394. The van der Waals surface area contributed by atoms with Crippen LogP contribution in [0.5, 0.6) is 0 Å². The van der Waals surface area contributed by atoms with Gasteiger partial charge in [0.05, 0.1) is 17.1 Å². The summed E-state index contributed by atoms with van der Waals surface area (Å²) in [5.41, 5.74) is 0.268. The Morgan fingerprint density at radius 3 is 2.36 bits per heavy atom. The van der Waals surface area contributed by atoms with E-state index in [4.69, 9.17) is 0 Å². The molecule has 0 bridgehead atoms. The Hall–Kier alpha value is -1.64. The van der Waals surface area contributed by atoms with Gasteiger partial charge in [0.1, 0.15) is 0 Å². The van der Waals surface area contributed by atoms with Crippen molar-refractivity contribution >= 4 is 16.1 Å². The number of hydrogen-bond donors (Lipinski definition) is 4. The molecule has 0 heterocycles. The molecule has 0 saturated heterocycles. The van der Waals surface area contributed by atoms with Crippen molar-refractivity contribution < 1.29 is 23.4 Å². The van der Waals surface area contributed by atoms with Gasteiger partial charge in [-0.05, 0) is 109 Å². The lowest BCUT2D eigenvalue weighted by Gasteiger charge is -2.64. The van der Waals surface area contributed by atoms with E-state index in [1.54, 1.807) is 18.2 Å². The molecule has 0 aliphatic heterocycles. The highest BCUT2D eigenvalue weighted by atomic mass is 32.2. The van der Waals surface area contributed by atoms with Gasteiger partial charge in [-0.2, -0.15) is 0 Å². The van der Waals surface area contributed by atoms with Gasteiger partial charge in [0.25, 0.3) is 10.0 Å². The lowest BCUT2D eigenvalue weighted by Crippen LogP contribution is -2.62. The lowest BCUT2D eigenvalue weighted by molar-refractivity contribution is -0.203. The van der Waals surface area contributed by atoms with Crippen LogP contribution in [-0.4, -0.2) is 43.4 Å². The number of nitrogens with one attached hydrogen (secondary N) is 2. The highest BCUT2D eigenvalue weighted by molar-refractivity contribution is 7.90. The summed E-state index contributed by atoms with van der Waals surface area (Å²) < 4.78 is 27.2. The fourth-order valence-corrected chi connectivity index (χ4v) is 11.1. The zero-order valence-electron chi connectivity index (χ0n) is 24.0. The Labute approximate surface area is 234 Å². The minimum Gasteiger partial charge on any atom is -0.393 e. The first-order valence-electron chi connectivity index (χ1n) is 15.1. The van der Waals surface area contributed by atoms with E-state index in [2.05, 4.69) is 37.7 Å². The van der Waals surface area contributed by atoms with Crippen LogP contribution in [0.1, 0.15) is 79.1 Å². The van der Waals surface area contributed by atoms with Crippen LogP contribution in [-0.2, 0) is 10.0 Å². The van der Waals surface area contributed by atoms with Crippen LogP contribution in [0.3, 0.4) is 0 Å². The number of sulfonamides is 1. The molecule has 2 amide bonds. The summed E-state index contributed by atoms with van der Waals surface area (Å²) in [6.07, 6.45) is 7.54. The molecule has 218 valence electrons. The van der Waals surface area contributed by atoms with Gasteiger partial charge in [-0.3, -0.25) is 0 Å². The maximum absolute atomic E-state index is 12.6. The first kappa shape index (κ1) is 28.9. The van der Waals surface area contributed by atoms with Gasteiger partial charge < -0.3 is 15.5 Å². The number of aliphatic hydroxyl groups excluding tert-OH is 2. The molecule has 0 spiro atoms. The largest absolute Gasteiger partial charge is 0.393 e. The Morgan fingerprint density at radius 2 is 1.67 bits per heavy atom. The van der Waals surface area contributed by atoms with E-state index in [0.717, 1.165) is 51.4 Å². The van der Waals surface area contributed by atoms with Crippen molar-refractivity contribution in [3.05, 3.63) is 30.3 Å². The summed E-state index contributed by atoms with van der Waals surface area (Å²) in [5, 5.41) is 25.2. The van der Waals surface area contributed by atoms with Crippen LogP contribution < -0.4 is 10.0 Å². The summed E-state index contributed by atoms with van der Waals surface area (Å²) in [6, 6.07) is 7.23. The third-order valence-corrected chi connectivity index (χ3v) is 13.4. The number of urea groups is 1. The zero-order chi connectivity index (χ0) is 28.2. The molecular weight excluding hydrogens is 512 g/mol. The molecule has 4 N–H and O–H groups in total. The summed E-state index contributed by atoms with van der Waals surface area (Å²) in [6.45, 7) is 9.65. The second-order valence-corrected chi connectivity index (χ2v) is 15.4. The minimum absolute atomic E-state index is 0.0657. The smallest absolute Gasteiger partial charge is 0.328 e. The number of aliphatic hydroxyl groups is 2. The van der Waals surface area contributed by atoms with E-state index < -0.39 is 16.1 Å². The average Bonchev–Trinajstić information content (AvgIpc) is 3.26. The van der Waals surface area contributed by atoms with Crippen LogP contribution in [0.25, 0.3) is 0 Å². The normalized spacial score (nSPS) is 42.5. The SMILES string of the molecule is CC[C@H]1[C@@H](O)[C@@H]2[C@H](CC[C@]3(C)[C@@H]([C@H](C)CNC(=O)NS(=O)(=O)c4ccccc4)CC[C@@H]23)[C@@]2(C)CC[C@@H](O)C[C@@H]12. The third kappa shape index (κ3) is 4.93. The van der Waals surface area contributed by atoms with Gasteiger partial charge in [-0.15, -0.1) is 0 Å². The summed E-state index contributed by atoms with van der Waals surface area (Å²) in [7, 11) is -3.91. The Morgan fingerprint density at radius 1 is 1.00 bits per heavy atom. The van der Waals surface area contributed by atoms with Crippen molar-refractivity contribution in [2.24, 2.45) is 52.3 Å². The Balaban J connectivity index is 1.27. The van der Waals surface area contributed by atoms with Crippen LogP contribution in [0, 0.1) is 52.3 Å². The van der Waals surface area contributed by atoms with E-state index in [0.29, 0.717) is 30.2 Å². The first-order valence-corrected chi connectivity index (χ1v) is 16.6. The fraction of sp³-hybridized carbons (Fsp3) is 0.774. The molecule has 1 aromatic rings. The molecule has 4 aliphatic rings. The monoisotopic (exact) mass is 560 g/mol. The van der Waals surface area contributed by atoms with Gasteiger partial charge in [0.2, 0.25) is 0 Å². The molecule has 0 aromatic heterocycles. The number of amides is 2. The van der Waals surface area contributed by atoms with Crippen molar-refractivity contribution in [1.82, 2.24) is 10.0 Å². The van der Waals surface area contributed by atoms with Crippen LogP contribution in [0.15, 0.2) is 35.2 Å². The molecule has 4 saturated carbocycles. The summed E-state index contributed by atoms with van der Waals surface area (Å²) in [4.78, 5) is 12.6. The van der Waals surface area contributed by atoms with Crippen LogP contribution in [0.4, 0.5) is 4.79 Å². The van der Waals surface area contributed by atoms with Crippen molar-refractivity contribution in [3.8, 4) is 0 Å². The van der Waals surface area contributed by atoms with E-state index in [9.17, 15) is 23.4 Å². The van der Waals surface area contributed by atoms with Gasteiger partial charge in [-0.25, -0.2) is 17.9 Å². The maximum atomic E-state index is 12.6. The number of rotatable bonds is 6. The van der Waals surface area contributed by atoms with Crippen molar-refractivity contribution in [3.63, 3.8) is 0 Å². The van der Waals surface area contributed by atoms with Crippen molar-refractivity contribution in [1.29, 1.82) is 0 Å². The predicted octanol–water partition coefficient (Wildman–Crippen LogP) is 4.94. The van der Waals surface area contributed by atoms with Crippen LogP contribution in [0.2, 0.25) is 0 Å². The second-order valence-electron chi connectivity index (χ2n) is 13.7. The van der Waals surface area contributed by atoms with Gasteiger partial charge >= 0.3 is 6.03 Å². The van der Waals surface area contributed by atoms with E-state index in [1.165, 1.54) is 12.1 Å². The van der Waals surface area contributed by atoms with Gasteiger partial charge in [-0.1, -0.05) is 52.3 Å². The van der Waals surface area contributed by atoms with E-state index in [-0.39, 0.29) is 45.7 Å². The lowest BCUT2D eigenvalue weighted by atomic mass is 9.41. The second kappa shape index (κ2) is 10.6. The number of benzene rings is 1. The summed E-state index contributed by atoms with van der Waals surface area (Å²) in [5.74, 6) is 2.45. The standard InChI is InChI=1S/C31H48N2O5S/c1-5-22-26-17-20(34)13-15-31(26,4)25-14-16-30(3)23(11-12-24(30)27(25)28(22)35)19(2)18-32-29(36)33-39(37,38)21-9-7-6-8-10-21/h6-10,19-20,22-28,34-35H,5,11-18H2,1-4H3,(H2,32,33,36)/t19-,20-,22-,23-,24+,25+,26+,27+,28-,30-,31-/m1/s1. The number of hydrogen-bond acceptors (Lipinski definition) is 5. The fourth-order valence-electron chi connectivity index (χ4n) is 10.1. The summed E-state index contributed by atoms with van der Waals surface area (Å²) >= 11 is 0. The minimum atomic E-state index is -3.91. The van der Waals surface area contributed by atoms with E-state index >= 15 is 0 Å². The molecule has 5 rings (SSSR count). The first-order chi connectivity index (χ1) is 18.4. The number of carbonyl (C=O) groups excluding carboxylic acids is 1. The average molecular weight is 561 g/mol. The molecular formula is C31H48N2O5S. The Bertz CT molecular complexity index is 1140. The number of carbonyl (C=O) groups is 1. The number of fused-ring (bicyclic) bond motifs is 5. The molecule has 39 heavy (non-hydrogen) atoms. The van der Waals surface area contributed by atoms with Crippen molar-refractivity contribution in [2.75, 3.05) is 6.54 Å². The molecule has 0 radical (unpaired) electrons. The third-order valence-electron chi connectivity index (χ3n) is 12.0. The molecule has 0 unspecified atom stereocenters. The maximum Gasteiger partial charge on any atom is 0.328 e. The van der Waals surface area contributed by atoms with E-state index in [1.807, 2.05) is 0 Å².